The van der Waals surface area contributed by atoms with E-state index < -0.39 is 0 Å². The number of rotatable bonds is 18. The first-order valence-corrected chi connectivity index (χ1v) is 11.1. The summed E-state index contributed by atoms with van der Waals surface area (Å²) in [5, 5.41) is 0. The molecule has 0 aliphatic carbocycles. The molecule has 2 atom stereocenters. The molecule has 0 heterocycles. The SMILES string of the molecule is CCCCCCCCC([CH]C(CC)CCCCCC)CCCC. The topological polar surface area (TPSA) is 0 Å². The molecule has 1 radical (unpaired) electrons. The van der Waals surface area contributed by atoms with Gasteiger partial charge in [0.1, 0.15) is 0 Å². The smallest absolute Gasteiger partial charge is 0.0324 e. The molecule has 0 N–H and O–H groups in total. The first kappa shape index (κ1) is 23.0. The first-order valence-electron chi connectivity index (χ1n) is 11.1. The molecule has 0 saturated carbocycles. The second-order valence-corrected chi connectivity index (χ2v) is 7.67. The van der Waals surface area contributed by atoms with Crippen molar-refractivity contribution in [2.75, 3.05) is 0 Å². The van der Waals surface area contributed by atoms with Crippen molar-refractivity contribution in [1.82, 2.24) is 0 Å². The molecule has 0 aliphatic rings. The number of unbranched alkanes of at least 4 members (excludes halogenated alkanes) is 9. The second-order valence-electron chi connectivity index (χ2n) is 7.67. The van der Waals surface area contributed by atoms with Gasteiger partial charge in [0.05, 0.1) is 0 Å². The third-order valence-corrected chi connectivity index (χ3v) is 5.35. The predicted octanol–water partition coefficient (Wildman–Crippen LogP) is 8.74. The van der Waals surface area contributed by atoms with E-state index in [9.17, 15) is 0 Å². The van der Waals surface area contributed by atoms with Gasteiger partial charge < -0.3 is 0 Å². The van der Waals surface area contributed by atoms with E-state index in [1.807, 2.05) is 0 Å². The van der Waals surface area contributed by atoms with Crippen LogP contribution in [0.1, 0.15) is 130 Å². The molecular formula is C23H47. The minimum Gasteiger partial charge on any atom is -0.0654 e. The Bertz CT molecular complexity index is 208. The highest BCUT2D eigenvalue weighted by Crippen LogP contribution is 2.28. The van der Waals surface area contributed by atoms with E-state index in [0.29, 0.717) is 0 Å². The maximum absolute atomic E-state index is 2.77. The number of hydrogen-bond acceptors (Lipinski definition) is 0. The van der Waals surface area contributed by atoms with E-state index in [1.165, 1.54) is 103 Å². The van der Waals surface area contributed by atoms with Gasteiger partial charge in [-0.05, 0) is 18.3 Å². The molecule has 0 rings (SSSR count). The van der Waals surface area contributed by atoms with Gasteiger partial charge in [-0.15, -0.1) is 0 Å². The van der Waals surface area contributed by atoms with Crippen LogP contribution in [0.2, 0.25) is 0 Å². The molecule has 0 amide bonds. The van der Waals surface area contributed by atoms with E-state index >= 15 is 0 Å². The van der Waals surface area contributed by atoms with Crippen LogP contribution >= 0.6 is 0 Å². The normalized spacial score (nSPS) is 14.1. The Hall–Kier alpha value is 0. The van der Waals surface area contributed by atoms with Gasteiger partial charge in [0, 0.05) is 0 Å². The van der Waals surface area contributed by atoms with Crippen molar-refractivity contribution < 1.29 is 0 Å². The lowest BCUT2D eigenvalue weighted by molar-refractivity contribution is 0.383. The van der Waals surface area contributed by atoms with E-state index in [4.69, 9.17) is 0 Å². The quantitative estimate of drug-likeness (QED) is 0.221. The summed E-state index contributed by atoms with van der Waals surface area (Å²) in [6, 6.07) is 0. The van der Waals surface area contributed by atoms with Gasteiger partial charge >= 0.3 is 0 Å². The lowest BCUT2D eigenvalue weighted by Gasteiger charge is -2.22. The highest BCUT2D eigenvalue weighted by molar-refractivity contribution is 4.83. The summed E-state index contributed by atoms with van der Waals surface area (Å²) in [6.45, 7) is 9.35. The second kappa shape index (κ2) is 18.3. The fourth-order valence-electron chi connectivity index (χ4n) is 3.64. The summed E-state index contributed by atoms with van der Waals surface area (Å²) in [5.41, 5.74) is 0. The molecule has 2 unspecified atom stereocenters. The summed E-state index contributed by atoms with van der Waals surface area (Å²) in [5.74, 6) is 1.78. The van der Waals surface area contributed by atoms with Crippen LogP contribution in [0.15, 0.2) is 0 Å². The molecule has 0 aromatic carbocycles. The monoisotopic (exact) mass is 323 g/mol. The van der Waals surface area contributed by atoms with Crippen molar-refractivity contribution in [3.8, 4) is 0 Å². The van der Waals surface area contributed by atoms with Gasteiger partial charge in [0.25, 0.3) is 0 Å². The zero-order valence-electron chi connectivity index (χ0n) is 17.0. The van der Waals surface area contributed by atoms with Crippen molar-refractivity contribution >= 4 is 0 Å². The number of hydrogen-bond donors (Lipinski definition) is 0. The van der Waals surface area contributed by atoms with Gasteiger partial charge in [-0.1, -0.05) is 130 Å². The standard InChI is InChI=1S/C23H47/c1-5-9-12-14-15-17-20-23(18-11-7-3)21-22(8-4)19-16-13-10-6-2/h21-23H,5-20H2,1-4H3. The van der Waals surface area contributed by atoms with Gasteiger partial charge in [0.15, 0.2) is 0 Å². The highest BCUT2D eigenvalue weighted by Gasteiger charge is 2.15. The first-order chi connectivity index (χ1) is 11.3. The summed E-state index contributed by atoms with van der Waals surface area (Å²) in [6.07, 6.45) is 25.5. The average Bonchev–Trinajstić information content (AvgIpc) is 2.57. The molecule has 0 nitrogen and oxygen atoms in total. The van der Waals surface area contributed by atoms with Gasteiger partial charge in [-0.3, -0.25) is 0 Å². The largest absolute Gasteiger partial charge is 0.0654 e. The summed E-state index contributed by atoms with van der Waals surface area (Å²) >= 11 is 0. The van der Waals surface area contributed by atoms with Crippen molar-refractivity contribution in [2.45, 2.75) is 130 Å². The molecule has 0 spiro atoms. The van der Waals surface area contributed by atoms with E-state index in [0.717, 1.165) is 11.8 Å². The molecule has 139 valence electrons. The molecule has 0 heteroatoms. The molecule has 0 fully saturated rings. The maximum Gasteiger partial charge on any atom is -0.0324 e. The molecule has 0 aromatic rings. The van der Waals surface area contributed by atoms with Crippen LogP contribution in [0.3, 0.4) is 0 Å². The third kappa shape index (κ3) is 15.3. The van der Waals surface area contributed by atoms with Gasteiger partial charge in [-0.2, -0.15) is 0 Å². The fourth-order valence-corrected chi connectivity index (χ4v) is 3.64. The lowest BCUT2D eigenvalue weighted by Crippen LogP contribution is -2.10. The zero-order chi connectivity index (χ0) is 17.2. The Balaban J connectivity index is 3.97. The minimum atomic E-state index is 0.883. The molecule has 0 aromatic heterocycles. The fraction of sp³-hybridized carbons (Fsp3) is 0.957. The molecule has 0 aliphatic heterocycles. The maximum atomic E-state index is 2.77. The molecule has 0 bridgehead atoms. The average molecular weight is 324 g/mol. The Kier molecular flexibility index (Phi) is 18.3. The molecule has 23 heavy (non-hydrogen) atoms. The van der Waals surface area contributed by atoms with Crippen molar-refractivity contribution in [3.63, 3.8) is 0 Å². The van der Waals surface area contributed by atoms with Crippen LogP contribution in [0.5, 0.6) is 0 Å². The van der Waals surface area contributed by atoms with Crippen molar-refractivity contribution in [1.29, 1.82) is 0 Å². The zero-order valence-corrected chi connectivity index (χ0v) is 17.0. The Morgan fingerprint density at radius 2 is 0.913 bits per heavy atom. The van der Waals surface area contributed by atoms with Gasteiger partial charge in [-0.25, -0.2) is 0 Å². The van der Waals surface area contributed by atoms with Crippen molar-refractivity contribution in [2.24, 2.45) is 11.8 Å². The van der Waals surface area contributed by atoms with Crippen LogP contribution in [-0.4, -0.2) is 0 Å². The van der Waals surface area contributed by atoms with Crippen LogP contribution in [0.25, 0.3) is 0 Å². The van der Waals surface area contributed by atoms with Crippen LogP contribution in [-0.2, 0) is 0 Å². The van der Waals surface area contributed by atoms with E-state index in [-0.39, 0.29) is 0 Å². The molecular weight excluding hydrogens is 276 g/mol. The summed E-state index contributed by atoms with van der Waals surface area (Å²) in [7, 11) is 0. The lowest BCUT2D eigenvalue weighted by atomic mass is 9.83. The third-order valence-electron chi connectivity index (χ3n) is 5.35. The van der Waals surface area contributed by atoms with Crippen LogP contribution in [0, 0.1) is 18.3 Å². The highest BCUT2D eigenvalue weighted by atomic mass is 14.2. The minimum absolute atomic E-state index is 0.883. The van der Waals surface area contributed by atoms with Crippen LogP contribution in [0.4, 0.5) is 0 Å². The van der Waals surface area contributed by atoms with Crippen LogP contribution < -0.4 is 0 Å². The van der Waals surface area contributed by atoms with Crippen molar-refractivity contribution in [3.05, 3.63) is 6.42 Å². The Morgan fingerprint density at radius 1 is 0.478 bits per heavy atom. The van der Waals surface area contributed by atoms with E-state index in [2.05, 4.69) is 34.1 Å². The van der Waals surface area contributed by atoms with Gasteiger partial charge in [0.2, 0.25) is 0 Å². The van der Waals surface area contributed by atoms with E-state index in [1.54, 1.807) is 0 Å². The summed E-state index contributed by atoms with van der Waals surface area (Å²) < 4.78 is 0. The molecule has 0 saturated heterocycles. The summed E-state index contributed by atoms with van der Waals surface area (Å²) in [4.78, 5) is 0. The Labute approximate surface area is 149 Å². The predicted molar refractivity (Wildman–Crippen MR) is 108 cm³/mol. The Morgan fingerprint density at radius 3 is 1.48 bits per heavy atom.